The van der Waals surface area contributed by atoms with E-state index in [1.54, 1.807) is 0 Å². The van der Waals surface area contributed by atoms with Crippen LogP contribution in [-0.2, 0) is 4.79 Å². The lowest BCUT2D eigenvalue weighted by Gasteiger charge is -2.02. The minimum atomic E-state index is -0.297. The van der Waals surface area contributed by atoms with Crippen molar-refractivity contribution >= 4 is 5.91 Å². The Bertz CT molecular complexity index is 174. The molecule has 0 aromatic rings. The van der Waals surface area contributed by atoms with Crippen LogP contribution in [0.25, 0.3) is 0 Å². The van der Waals surface area contributed by atoms with Gasteiger partial charge in [0, 0.05) is 6.42 Å². The van der Waals surface area contributed by atoms with Gasteiger partial charge in [-0.15, -0.1) is 12.3 Å². The van der Waals surface area contributed by atoms with Crippen molar-refractivity contribution in [3.05, 3.63) is 0 Å². The molecule has 1 saturated carbocycles. The van der Waals surface area contributed by atoms with E-state index in [4.69, 9.17) is 12.2 Å². The summed E-state index contributed by atoms with van der Waals surface area (Å²) in [5, 5.41) is 0. The van der Waals surface area contributed by atoms with Gasteiger partial charge in [-0.1, -0.05) is 0 Å². The third kappa shape index (κ3) is 0.904. The van der Waals surface area contributed by atoms with Crippen molar-refractivity contribution in [3.8, 4) is 12.3 Å². The summed E-state index contributed by atoms with van der Waals surface area (Å²) in [6.07, 6.45) is 7.31. The van der Waals surface area contributed by atoms with Crippen molar-refractivity contribution in [2.45, 2.75) is 19.3 Å². The highest BCUT2D eigenvalue weighted by Gasteiger charge is 2.47. The van der Waals surface area contributed by atoms with E-state index in [2.05, 4.69) is 5.92 Å². The van der Waals surface area contributed by atoms with E-state index >= 15 is 0 Å². The topological polar surface area (TPSA) is 43.1 Å². The van der Waals surface area contributed by atoms with Gasteiger partial charge in [0.2, 0.25) is 5.91 Å². The van der Waals surface area contributed by atoms with Crippen LogP contribution < -0.4 is 5.73 Å². The van der Waals surface area contributed by atoms with Crippen LogP contribution in [0.5, 0.6) is 0 Å². The minimum Gasteiger partial charge on any atom is -0.369 e. The minimum absolute atomic E-state index is 0.236. The van der Waals surface area contributed by atoms with E-state index in [0.717, 1.165) is 12.8 Å². The summed E-state index contributed by atoms with van der Waals surface area (Å²) in [4.78, 5) is 10.6. The highest BCUT2D eigenvalue weighted by molar-refractivity contribution is 5.83. The number of hydrogen-bond donors (Lipinski definition) is 1. The van der Waals surface area contributed by atoms with Crippen molar-refractivity contribution < 1.29 is 4.79 Å². The average Bonchev–Trinajstić information content (AvgIpc) is 2.49. The molecule has 0 atom stereocenters. The summed E-state index contributed by atoms with van der Waals surface area (Å²) < 4.78 is 0. The second kappa shape index (κ2) is 1.77. The van der Waals surface area contributed by atoms with Gasteiger partial charge in [-0.2, -0.15) is 0 Å². The summed E-state index contributed by atoms with van der Waals surface area (Å²) in [6, 6.07) is 0. The zero-order valence-electron chi connectivity index (χ0n) is 5.18. The van der Waals surface area contributed by atoms with Crippen molar-refractivity contribution in [1.82, 2.24) is 0 Å². The monoisotopic (exact) mass is 123 g/mol. The van der Waals surface area contributed by atoms with Gasteiger partial charge in [-0.3, -0.25) is 4.79 Å². The first-order chi connectivity index (χ1) is 4.21. The Kier molecular flexibility index (Phi) is 1.21. The van der Waals surface area contributed by atoms with Crippen LogP contribution in [0.1, 0.15) is 19.3 Å². The van der Waals surface area contributed by atoms with Crippen molar-refractivity contribution in [2.24, 2.45) is 11.1 Å². The molecule has 0 saturated heterocycles. The fraction of sp³-hybridized carbons (Fsp3) is 0.571. The molecular weight excluding hydrogens is 114 g/mol. The zero-order valence-corrected chi connectivity index (χ0v) is 5.18. The normalized spacial score (nSPS) is 20.3. The largest absolute Gasteiger partial charge is 0.369 e. The van der Waals surface area contributed by atoms with E-state index in [1.165, 1.54) is 0 Å². The molecule has 0 aromatic heterocycles. The Morgan fingerprint density at radius 3 is 2.44 bits per heavy atom. The number of amides is 1. The Hall–Kier alpha value is -0.970. The molecule has 2 nitrogen and oxygen atoms in total. The molecule has 0 unspecified atom stereocenters. The quantitative estimate of drug-likeness (QED) is 0.526. The molecule has 0 bridgehead atoms. The Labute approximate surface area is 54.4 Å². The Balaban J connectivity index is 2.55. The van der Waals surface area contributed by atoms with Crippen LogP contribution in [0, 0.1) is 17.8 Å². The number of carbonyl (C=O) groups excluding carboxylic acids is 1. The molecule has 0 spiro atoms. The molecule has 0 aliphatic heterocycles. The first-order valence-electron chi connectivity index (χ1n) is 2.95. The second-order valence-corrected chi connectivity index (χ2v) is 2.53. The lowest BCUT2D eigenvalue weighted by Crippen LogP contribution is -2.23. The number of rotatable bonds is 2. The number of carbonyl (C=O) groups is 1. The van der Waals surface area contributed by atoms with Crippen LogP contribution >= 0.6 is 0 Å². The molecule has 0 heterocycles. The van der Waals surface area contributed by atoms with Gasteiger partial charge in [0.1, 0.15) is 0 Å². The third-order valence-electron chi connectivity index (χ3n) is 1.82. The van der Waals surface area contributed by atoms with Gasteiger partial charge < -0.3 is 5.73 Å². The Morgan fingerprint density at radius 2 is 2.33 bits per heavy atom. The summed E-state index contributed by atoms with van der Waals surface area (Å²) in [5.41, 5.74) is 4.79. The standard InChI is InChI=1S/C7H9NO/c1-2-3-7(4-5-7)6(8)9/h1H,3-5H2,(H2,8,9). The molecule has 1 aliphatic rings. The van der Waals surface area contributed by atoms with Gasteiger partial charge in [0.15, 0.2) is 0 Å². The maximum absolute atomic E-state index is 10.6. The molecule has 2 heteroatoms. The summed E-state index contributed by atoms with van der Waals surface area (Å²) >= 11 is 0. The number of nitrogens with two attached hydrogens (primary N) is 1. The van der Waals surface area contributed by atoms with Crippen LogP contribution in [-0.4, -0.2) is 5.91 Å². The van der Waals surface area contributed by atoms with Gasteiger partial charge in [0.25, 0.3) is 0 Å². The van der Waals surface area contributed by atoms with Crippen molar-refractivity contribution in [2.75, 3.05) is 0 Å². The molecule has 48 valence electrons. The van der Waals surface area contributed by atoms with Gasteiger partial charge >= 0.3 is 0 Å². The van der Waals surface area contributed by atoms with Crippen LogP contribution in [0.4, 0.5) is 0 Å². The summed E-state index contributed by atoms with van der Waals surface area (Å²) in [7, 11) is 0. The van der Waals surface area contributed by atoms with Crippen LogP contribution in [0.3, 0.4) is 0 Å². The summed E-state index contributed by atoms with van der Waals surface area (Å²) in [5.74, 6) is 2.22. The predicted octanol–water partition coefficient (Wildman–Crippen LogP) is 0.275. The lowest BCUT2D eigenvalue weighted by atomic mass is 10.0. The first kappa shape index (κ1) is 6.15. The molecule has 9 heavy (non-hydrogen) atoms. The molecule has 0 radical (unpaired) electrons. The number of primary amides is 1. The van der Waals surface area contributed by atoms with E-state index < -0.39 is 0 Å². The summed E-state index contributed by atoms with van der Waals surface area (Å²) in [6.45, 7) is 0. The maximum Gasteiger partial charge on any atom is 0.224 e. The van der Waals surface area contributed by atoms with Crippen LogP contribution in [0.2, 0.25) is 0 Å². The molecule has 0 aromatic carbocycles. The molecule has 2 N–H and O–H groups in total. The van der Waals surface area contributed by atoms with Gasteiger partial charge in [-0.25, -0.2) is 0 Å². The molecule has 1 fully saturated rings. The lowest BCUT2D eigenvalue weighted by molar-refractivity contribution is -0.122. The van der Waals surface area contributed by atoms with E-state index in [9.17, 15) is 4.79 Å². The number of hydrogen-bond acceptors (Lipinski definition) is 1. The maximum atomic E-state index is 10.6. The molecule has 1 aliphatic carbocycles. The first-order valence-corrected chi connectivity index (χ1v) is 2.95. The fourth-order valence-corrected chi connectivity index (χ4v) is 0.857. The Morgan fingerprint density at radius 1 is 1.78 bits per heavy atom. The van der Waals surface area contributed by atoms with Crippen LogP contribution in [0.15, 0.2) is 0 Å². The van der Waals surface area contributed by atoms with E-state index in [-0.39, 0.29) is 11.3 Å². The van der Waals surface area contributed by atoms with Gasteiger partial charge in [0.05, 0.1) is 5.41 Å². The fourth-order valence-electron chi connectivity index (χ4n) is 0.857. The predicted molar refractivity (Wildman–Crippen MR) is 34.3 cm³/mol. The average molecular weight is 123 g/mol. The molecule has 1 rings (SSSR count). The third-order valence-corrected chi connectivity index (χ3v) is 1.82. The molecular formula is C7H9NO. The number of terminal acetylenes is 1. The van der Waals surface area contributed by atoms with E-state index in [0.29, 0.717) is 6.42 Å². The van der Waals surface area contributed by atoms with Gasteiger partial charge in [-0.05, 0) is 12.8 Å². The highest BCUT2D eigenvalue weighted by Crippen LogP contribution is 2.47. The van der Waals surface area contributed by atoms with Crippen molar-refractivity contribution in [3.63, 3.8) is 0 Å². The SMILES string of the molecule is C#CCC1(C(N)=O)CC1. The zero-order chi connectivity index (χ0) is 6.91. The molecule has 1 amide bonds. The second-order valence-electron chi connectivity index (χ2n) is 2.53. The van der Waals surface area contributed by atoms with E-state index in [1.807, 2.05) is 0 Å². The highest BCUT2D eigenvalue weighted by atomic mass is 16.1. The van der Waals surface area contributed by atoms with Crippen molar-refractivity contribution in [1.29, 1.82) is 0 Å². The smallest absolute Gasteiger partial charge is 0.224 e.